The summed E-state index contributed by atoms with van der Waals surface area (Å²) in [5.41, 5.74) is 0.871. The van der Waals surface area contributed by atoms with E-state index in [0.717, 1.165) is 0 Å². The van der Waals surface area contributed by atoms with E-state index in [9.17, 15) is 9.18 Å². The van der Waals surface area contributed by atoms with Crippen LogP contribution in [0.4, 0.5) is 4.39 Å². The Morgan fingerprint density at radius 1 is 1.29 bits per heavy atom. The SMILES string of the molecule is Cc1ncc(-c2ccc(F)cc2)c(C(=O)O)n1. The molecule has 0 saturated carbocycles. The normalized spacial score (nSPS) is 10.2. The number of rotatable bonds is 2. The van der Waals surface area contributed by atoms with Gasteiger partial charge >= 0.3 is 5.97 Å². The molecule has 1 heterocycles. The number of aromatic nitrogens is 2. The van der Waals surface area contributed by atoms with Crippen LogP contribution in [-0.2, 0) is 0 Å². The maximum Gasteiger partial charge on any atom is 0.355 e. The van der Waals surface area contributed by atoms with Gasteiger partial charge in [0.1, 0.15) is 11.6 Å². The van der Waals surface area contributed by atoms with Crippen molar-refractivity contribution < 1.29 is 14.3 Å². The Bertz CT molecular complexity index is 567. The molecule has 0 amide bonds. The van der Waals surface area contributed by atoms with Gasteiger partial charge in [0, 0.05) is 11.8 Å². The monoisotopic (exact) mass is 232 g/mol. The summed E-state index contributed by atoms with van der Waals surface area (Å²) >= 11 is 0. The predicted molar refractivity (Wildman–Crippen MR) is 59.1 cm³/mol. The zero-order valence-corrected chi connectivity index (χ0v) is 9.01. The number of aryl methyl sites for hydroxylation is 1. The van der Waals surface area contributed by atoms with Crippen molar-refractivity contribution in [3.05, 3.63) is 47.8 Å². The lowest BCUT2D eigenvalue weighted by Crippen LogP contribution is -2.05. The maximum atomic E-state index is 12.8. The molecule has 86 valence electrons. The molecule has 2 aromatic rings. The van der Waals surface area contributed by atoms with E-state index in [-0.39, 0.29) is 11.5 Å². The van der Waals surface area contributed by atoms with E-state index in [2.05, 4.69) is 9.97 Å². The third-order valence-electron chi connectivity index (χ3n) is 2.27. The number of halogens is 1. The van der Waals surface area contributed by atoms with Gasteiger partial charge in [0.25, 0.3) is 0 Å². The summed E-state index contributed by atoms with van der Waals surface area (Å²) in [7, 11) is 0. The Kier molecular flexibility index (Phi) is 2.82. The number of aromatic carboxylic acids is 1. The van der Waals surface area contributed by atoms with Crippen molar-refractivity contribution in [1.82, 2.24) is 9.97 Å². The highest BCUT2D eigenvalue weighted by Gasteiger charge is 2.14. The van der Waals surface area contributed by atoms with Crippen LogP contribution in [0.2, 0.25) is 0 Å². The van der Waals surface area contributed by atoms with Crippen LogP contribution < -0.4 is 0 Å². The number of carbonyl (C=O) groups is 1. The number of nitrogens with zero attached hydrogens (tertiary/aromatic N) is 2. The molecule has 0 spiro atoms. The van der Waals surface area contributed by atoms with Gasteiger partial charge in [-0.25, -0.2) is 19.2 Å². The molecule has 0 aliphatic heterocycles. The van der Waals surface area contributed by atoms with Gasteiger partial charge in [-0.05, 0) is 24.6 Å². The van der Waals surface area contributed by atoms with Crippen molar-refractivity contribution in [2.75, 3.05) is 0 Å². The molecule has 0 unspecified atom stereocenters. The Hall–Kier alpha value is -2.30. The third kappa shape index (κ3) is 2.28. The van der Waals surface area contributed by atoms with Crippen LogP contribution in [0.1, 0.15) is 16.3 Å². The van der Waals surface area contributed by atoms with Crippen molar-refractivity contribution in [1.29, 1.82) is 0 Å². The Balaban J connectivity index is 2.58. The number of hydrogen-bond acceptors (Lipinski definition) is 3. The molecule has 5 heteroatoms. The largest absolute Gasteiger partial charge is 0.476 e. The number of benzene rings is 1. The molecule has 0 aliphatic carbocycles. The zero-order chi connectivity index (χ0) is 12.4. The number of carboxylic acid groups (broad SMARTS) is 1. The van der Waals surface area contributed by atoms with Crippen LogP contribution in [0.15, 0.2) is 30.5 Å². The maximum absolute atomic E-state index is 12.8. The van der Waals surface area contributed by atoms with E-state index in [4.69, 9.17) is 5.11 Å². The highest BCUT2D eigenvalue weighted by atomic mass is 19.1. The van der Waals surface area contributed by atoms with Gasteiger partial charge < -0.3 is 5.11 Å². The van der Waals surface area contributed by atoms with Gasteiger partial charge in [0.05, 0.1) is 0 Å². The molecule has 0 fully saturated rings. The molecular formula is C12H9FN2O2. The summed E-state index contributed by atoms with van der Waals surface area (Å²) in [4.78, 5) is 18.9. The van der Waals surface area contributed by atoms with Gasteiger partial charge in [-0.3, -0.25) is 0 Å². The van der Waals surface area contributed by atoms with Crippen LogP contribution in [0.25, 0.3) is 11.1 Å². The van der Waals surface area contributed by atoms with Crippen LogP contribution in [0.5, 0.6) is 0 Å². The summed E-state index contributed by atoms with van der Waals surface area (Å²) in [5.74, 6) is -1.12. The number of hydrogen-bond donors (Lipinski definition) is 1. The minimum atomic E-state index is -1.13. The summed E-state index contributed by atoms with van der Waals surface area (Å²) < 4.78 is 12.8. The van der Waals surface area contributed by atoms with Crippen molar-refractivity contribution >= 4 is 5.97 Å². The lowest BCUT2D eigenvalue weighted by atomic mass is 10.1. The molecule has 2 rings (SSSR count). The van der Waals surface area contributed by atoms with E-state index in [0.29, 0.717) is 17.0 Å². The summed E-state index contributed by atoms with van der Waals surface area (Å²) in [5, 5.41) is 9.04. The van der Waals surface area contributed by atoms with E-state index in [1.807, 2.05) is 0 Å². The van der Waals surface area contributed by atoms with Crippen molar-refractivity contribution in [3.63, 3.8) is 0 Å². The molecule has 4 nitrogen and oxygen atoms in total. The average Bonchev–Trinajstić information content (AvgIpc) is 2.30. The smallest absolute Gasteiger partial charge is 0.355 e. The molecule has 0 atom stereocenters. The first-order valence-electron chi connectivity index (χ1n) is 4.91. The van der Waals surface area contributed by atoms with Crippen LogP contribution >= 0.6 is 0 Å². The Labute approximate surface area is 96.8 Å². The second-order valence-corrected chi connectivity index (χ2v) is 3.49. The highest BCUT2D eigenvalue weighted by Crippen LogP contribution is 2.22. The van der Waals surface area contributed by atoms with E-state index >= 15 is 0 Å². The van der Waals surface area contributed by atoms with Gasteiger partial charge in [-0.1, -0.05) is 12.1 Å². The number of carboxylic acids is 1. The second-order valence-electron chi connectivity index (χ2n) is 3.49. The van der Waals surface area contributed by atoms with Gasteiger partial charge in [0.2, 0.25) is 0 Å². The fraction of sp³-hybridized carbons (Fsp3) is 0.0833. The Morgan fingerprint density at radius 2 is 1.94 bits per heavy atom. The van der Waals surface area contributed by atoms with Crippen LogP contribution in [0, 0.1) is 12.7 Å². The molecule has 1 aromatic carbocycles. The van der Waals surface area contributed by atoms with Crippen molar-refractivity contribution in [3.8, 4) is 11.1 Å². The standard InChI is InChI=1S/C12H9FN2O2/c1-7-14-6-10(11(15-7)12(16)17)8-2-4-9(13)5-3-8/h2-6H,1H3,(H,16,17). The molecule has 1 aromatic heterocycles. The molecule has 0 aliphatic rings. The second kappa shape index (κ2) is 4.29. The lowest BCUT2D eigenvalue weighted by molar-refractivity contribution is 0.0691. The minimum Gasteiger partial charge on any atom is -0.476 e. The molecule has 0 saturated heterocycles. The first-order valence-corrected chi connectivity index (χ1v) is 4.91. The third-order valence-corrected chi connectivity index (χ3v) is 2.27. The molecule has 0 radical (unpaired) electrons. The molecular weight excluding hydrogens is 223 g/mol. The van der Waals surface area contributed by atoms with E-state index < -0.39 is 5.97 Å². The summed E-state index contributed by atoms with van der Waals surface area (Å²) in [6.45, 7) is 1.61. The summed E-state index contributed by atoms with van der Waals surface area (Å²) in [6.07, 6.45) is 1.43. The zero-order valence-electron chi connectivity index (χ0n) is 9.01. The van der Waals surface area contributed by atoms with Crippen molar-refractivity contribution in [2.24, 2.45) is 0 Å². The average molecular weight is 232 g/mol. The fourth-order valence-corrected chi connectivity index (χ4v) is 1.47. The van der Waals surface area contributed by atoms with Crippen LogP contribution in [-0.4, -0.2) is 21.0 Å². The van der Waals surface area contributed by atoms with E-state index in [1.165, 1.54) is 30.5 Å². The van der Waals surface area contributed by atoms with Crippen molar-refractivity contribution in [2.45, 2.75) is 6.92 Å². The fourth-order valence-electron chi connectivity index (χ4n) is 1.47. The predicted octanol–water partition coefficient (Wildman–Crippen LogP) is 2.29. The molecule has 17 heavy (non-hydrogen) atoms. The lowest BCUT2D eigenvalue weighted by Gasteiger charge is -2.05. The van der Waals surface area contributed by atoms with Gasteiger partial charge in [0.15, 0.2) is 5.69 Å². The quantitative estimate of drug-likeness (QED) is 0.862. The van der Waals surface area contributed by atoms with Gasteiger partial charge in [-0.2, -0.15) is 0 Å². The first-order chi connectivity index (χ1) is 8.08. The van der Waals surface area contributed by atoms with Crippen LogP contribution in [0.3, 0.4) is 0 Å². The highest BCUT2D eigenvalue weighted by molar-refractivity contribution is 5.93. The summed E-state index contributed by atoms with van der Waals surface area (Å²) in [6, 6.07) is 5.52. The van der Waals surface area contributed by atoms with E-state index in [1.54, 1.807) is 6.92 Å². The Morgan fingerprint density at radius 3 is 2.53 bits per heavy atom. The minimum absolute atomic E-state index is 0.0795. The van der Waals surface area contributed by atoms with Gasteiger partial charge in [-0.15, -0.1) is 0 Å². The molecule has 1 N–H and O–H groups in total. The topological polar surface area (TPSA) is 63.1 Å². The first kappa shape index (κ1) is 11.2. The molecule has 0 bridgehead atoms.